The average molecular weight is 374 g/mol. The second-order valence-electron chi connectivity index (χ2n) is 6.65. The third-order valence-electron chi connectivity index (χ3n) is 4.79. The number of aryl methyl sites for hydroxylation is 2. The van der Waals surface area contributed by atoms with Crippen molar-refractivity contribution in [1.29, 1.82) is 0 Å². The molecular formula is C18H22N4O3S. The van der Waals surface area contributed by atoms with E-state index in [-0.39, 0.29) is 17.6 Å². The normalized spacial score (nSPS) is 17.3. The molecule has 3 aromatic rings. The van der Waals surface area contributed by atoms with Gasteiger partial charge >= 0.3 is 0 Å². The quantitative estimate of drug-likeness (QED) is 0.717. The molecule has 0 radical (unpaired) electrons. The summed E-state index contributed by atoms with van der Waals surface area (Å²) in [6, 6.07) is 3.92. The van der Waals surface area contributed by atoms with Crippen molar-refractivity contribution in [3.63, 3.8) is 0 Å². The Kier molecular flexibility index (Phi) is 4.78. The molecule has 4 rings (SSSR count). The first-order valence-electron chi connectivity index (χ1n) is 8.98. The number of rotatable bonds is 6. The van der Waals surface area contributed by atoms with Gasteiger partial charge in [0.15, 0.2) is 0 Å². The van der Waals surface area contributed by atoms with Gasteiger partial charge in [0.1, 0.15) is 11.3 Å². The second kappa shape index (κ2) is 7.20. The van der Waals surface area contributed by atoms with Crippen molar-refractivity contribution in [2.45, 2.75) is 45.3 Å². The Morgan fingerprint density at radius 2 is 2.35 bits per heavy atom. The molecule has 0 aromatic carbocycles. The molecule has 3 aromatic heterocycles. The third-order valence-corrected chi connectivity index (χ3v) is 5.64. The number of amides is 1. The molecule has 1 saturated heterocycles. The summed E-state index contributed by atoms with van der Waals surface area (Å²) < 4.78 is 9.95. The monoisotopic (exact) mass is 374 g/mol. The topological polar surface area (TPSA) is 77.6 Å². The highest BCUT2D eigenvalue weighted by molar-refractivity contribution is 7.17. The second-order valence-corrected chi connectivity index (χ2v) is 7.60. The summed E-state index contributed by atoms with van der Waals surface area (Å²) in [5.41, 5.74) is 1.55. The SMILES string of the molecule is Cc1nn(CCCC(=O)NC[C@H]2CCCO2)c(=O)c2cc3sccc3n12. The Hall–Kier alpha value is -2.19. The van der Waals surface area contributed by atoms with Gasteiger partial charge in [-0.25, -0.2) is 4.68 Å². The molecule has 0 unspecified atom stereocenters. The van der Waals surface area contributed by atoms with Crippen molar-refractivity contribution < 1.29 is 9.53 Å². The average Bonchev–Trinajstić information content (AvgIpc) is 3.33. The minimum Gasteiger partial charge on any atom is -0.376 e. The van der Waals surface area contributed by atoms with Crippen LogP contribution in [-0.4, -0.2) is 39.3 Å². The van der Waals surface area contributed by atoms with Crippen LogP contribution in [0.25, 0.3) is 15.7 Å². The molecule has 1 atom stereocenters. The fraction of sp³-hybridized carbons (Fsp3) is 0.500. The van der Waals surface area contributed by atoms with Crippen molar-refractivity contribution in [2.75, 3.05) is 13.2 Å². The van der Waals surface area contributed by atoms with E-state index in [4.69, 9.17) is 4.74 Å². The largest absolute Gasteiger partial charge is 0.376 e. The maximum absolute atomic E-state index is 12.7. The Labute approximate surface area is 154 Å². The lowest BCUT2D eigenvalue weighted by Crippen LogP contribution is -2.32. The zero-order valence-corrected chi connectivity index (χ0v) is 15.6. The Morgan fingerprint density at radius 3 is 3.15 bits per heavy atom. The van der Waals surface area contributed by atoms with Gasteiger partial charge in [-0.1, -0.05) is 0 Å². The summed E-state index contributed by atoms with van der Waals surface area (Å²) in [4.78, 5) is 24.7. The zero-order valence-electron chi connectivity index (χ0n) is 14.7. The number of nitrogens with one attached hydrogen (secondary N) is 1. The van der Waals surface area contributed by atoms with E-state index in [0.29, 0.717) is 31.4 Å². The number of carbonyl (C=O) groups is 1. The minimum atomic E-state index is -0.112. The predicted octanol–water partition coefficient (Wildman–Crippen LogP) is 2.09. The molecule has 0 saturated carbocycles. The molecule has 1 fully saturated rings. The van der Waals surface area contributed by atoms with Crippen LogP contribution in [0.2, 0.25) is 0 Å². The highest BCUT2D eigenvalue weighted by atomic mass is 32.1. The van der Waals surface area contributed by atoms with E-state index < -0.39 is 0 Å². The molecule has 8 heteroatoms. The summed E-state index contributed by atoms with van der Waals surface area (Å²) in [5.74, 6) is 0.769. The summed E-state index contributed by atoms with van der Waals surface area (Å²) in [6.07, 6.45) is 3.18. The van der Waals surface area contributed by atoms with Crippen molar-refractivity contribution >= 4 is 33.0 Å². The first-order chi connectivity index (χ1) is 12.6. The van der Waals surface area contributed by atoms with Gasteiger partial charge < -0.3 is 10.1 Å². The lowest BCUT2D eigenvalue weighted by molar-refractivity contribution is -0.121. The van der Waals surface area contributed by atoms with Gasteiger partial charge in [-0.3, -0.25) is 14.0 Å². The smallest absolute Gasteiger partial charge is 0.291 e. The number of hydrogen-bond donors (Lipinski definition) is 1. The van der Waals surface area contributed by atoms with Crippen LogP contribution >= 0.6 is 11.3 Å². The number of carbonyl (C=O) groups excluding carboxylic acids is 1. The Morgan fingerprint density at radius 1 is 1.46 bits per heavy atom. The number of thiophene rings is 1. The molecule has 0 aliphatic carbocycles. The van der Waals surface area contributed by atoms with Gasteiger partial charge in [0.2, 0.25) is 5.91 Å². The minimum absolute atomic E-state index is 0.00505. The van der Waals surface area contributed by atoms with Gasteiger partial charge in [-0.15, -0.1) is 11.3 Å². The van der Waals surface area contributed by atoms with Gasteiger partial charge in [0.25, 0.3) is 5.56 Å². The number of nitrogens with zero attached hydrogens (tertiary/aromatic N) is 3. The standard InChI is InChI=1S/C18H22N4O3S/c1-12-20-21(7-2-5-17(23)19-11-13-4-3-8-25-13)18(24)15-10-16-14(22(12)15)6-9-26-16/h6,9-10,13H,2-5,7-8,11H2,1H3,(H,19,23)/t13-/m1/s1. The molecule has 26 heavy (non-hydrogen) atoms. The predicted molar refractivity (Wildman–Crippen MR) is 101 cm³/mol. The molecular weight excluding hydrogens is 352 g/mol. The molecule has 0 bridgehead atoms. The molecule has 138 valence electrons. The molecule has 1 amide bonds. The van der Waals surface area contributed by atoms with Gasteiger partial charge in [0, 0.05) is 26.1 Å². The first kappa shape index (κ1) is 17.2. The van der Waals surface area contributed by atoms with Crippen molar-refractivity contribution in [2.24, 2.45) is 0 Å². The van der Waals surface area contributed by atoms with E-state index in [1.165, 1.54) is 4.68 Å². The molecule has 7 nitrogen and oxygen atoms in total. The highest BCUT2D eigenvalue weighted by Gasteiger charge is 2.16. The van der Waals surface area contributed by atoms with E-state index in [1.807, 2.05) is 28.8 Å². The number of aromatic nitrogens is 3. The van der Waals surface area contributed by atoms with E-state index >= 15 is 0 Å². The highest BCUT2D eigenvalue weighted by Crippen LogP contribution is 2.24. The summed E-state index contributed by atoms with van der Waals surface area (Å²) in [7, 11) is 0. The van der Waals surface area contributed by atoms with Crippen LogP contribution in [0.1, 0.15) is 31.5 Å². The first-order valence-corrected chi connectivity index (χ1v) is 9.86. The lowest BCUT2D eigenvalue weighted by atomic mass is 10.2. The summed E-state index contributed by atoms with van der Waals surface area (Å²) in [5, 5.41) is 9.35. The Bertz CT molecular complexity index is 997. The van der Waals surface area contributed by atoms with Gasteiger partial charge in [0.05, 0.1) is 16.3 Å². The van der Waals surface area contributed by atoms with E-state index in [1.54, 1.807) is 11.3 Å². The maximum atomic E-state index is 12.7. The molecule has 1 aliphatic heterocycles. The van der Waals surface area contributed by atoms with Crippen molar-refractivity contribution in [3.8, 4) is 0 Å². The van der Waals surface area contributed by atoms with E-state index in [9.17, 15) is 9.59 Å². The van der Waals surface area contributed by atoms with Crippen LogP contribution in [0, 0.1) is 6.92 Å². The van der Waals surface area contributed by atoms with Crippen LogP contribution in [0.4, 0.5) is 0 Å². The summed E-state index contributed by atoms with van der Waals surface area (Å²) >= 11 is 1.61. The number of hydrogen-bond acceptors (Lipinski definition) is 5. The number of ether oxygens (including phenoxy) is 1. The fourth-order valence-electron chi connectivity index (χ4n) is 3.49. The van der Waals surface area contributed by atoms with Crippen LogP contribution in [-0.2, 0) is 16.1 Å². The van der Waals surface area contributed by atoms with E-state index in [0.717, 1.165) is 35.5 Å². The molecule has 4 heterocycles. The van der Waals surface area contributed by atoms with Gasteiger partial charge in [-0.05, 0) is 43.7 Å². The van der Waals surface area contributed by atoms with Crippen LogP contribution in [0.5, 0.6) is 0 Å². The van der Waals surface area contributed by atoms with Crippen molar-refractivity contribution in [3.05, 3.63) is 33.7 Å². The van der Waals surface area contributed by atoms with Crippen LogP contribution < -0.4 is 10.9 Å². The van der Waals surface area contributed by atoms with Gasteiger partial charge in [-0.2, -0.15) is 5.10 Å². The number of fused-ring (bicyclic) bond motifs is 3. The molecule has 1 aliphatic rings. The maximum Gasteiger partial charge on any atom is 0.291 e. The van der Waals surface area contributed by atoms with Crippen molar-refractivity contribution in [1.82, 2.24) is 19.5 Å². The Balaban J connectivity index is 1.40. The van der Waals surface area contributed by atoms with Crippen LogP contribution in [0.15, 0.2) is 22.3 Å². The molecule has 0 spiro atoms. The lowest BCUT2D eigenvalue weighted by Gasteiger charge is -2.11. The third kappa shape index (κ3) is 3.26. The molecule has 1 N–H and O–H groups in total. The summed E-state index contributed by atoms with van der Waals surface area (Å²) in [6.45, 7) is 3.69. The fourth-order valence-corrected chi connectivity index (χ4v) is 4.29. The van der Waals surface area contributed by atoms with Crippen LogP contribution in [0.3, 0.4) is 0 Å². The van der Waals surface area contributed by atoms with E-state index in [2.05, 4.69) is 10.4 Å². The zero-order chi connectivity index (χ0) is 18.1.